The number of aromatic nitrogens is 2. The van der Waals surface area contributed by atoms with E-state index in [1.54, 1.807) is 49.4 Å². The molecule has 0 saturated heterocycles. The number of benzene rings is 2. The molecule has 3 aromatic rings. The topological polar surface area (TPSA) is 99.6 Å². The number of aryl methyl sites for hydroxylation is 1. The SMILES string of the molecule is COc1ccc(Cl)c(Oc2c(NS(=O)(=O)c3ccc(C(C)(C)C)cc3)nc(C)nc2OC)c1. The van der Waals surface area contributed by atoms with Crippen LogP contribution in [0.4, 0.5) is 5.82 Å². The summed E-state index contributed by atoms with van der Waals surface area (Å²) in [6.07, 6.45) is 0. The van der Waals surface area contributed by atoms with E-state index in [-0.39, 0.29) is 44.4 Å². The highest BCUT2D eigenvalue weighted by molar-refractivity contribution is 7.92. The first-order valence-corrected chi connectivity index (χ1v) is 11.9. The third-order valence-corrected chi connectivity index (χ3v) is 6.42. The van der Waals surface area contributed by atoms with E-state index in [0.717, 1.165) is 5.56 Å². The average Bonchev–Trinajstić information content (AvgIpc) is 2.75. The van der Waals surface area contributed by atoms with Crippen LogP contribution >= 0.6 is 11.6 Å². The minimum atomic E-state index is -3.99. The lowest BCUT2D eigenvalue weighted by molar-refractivity contribution is 0.360. The zero-order chi connectivity index (χ0) is 24.4. The second-order valence-corrected chi connectivity index (χ2v) is 10.3. The summed E-state index contributed by atoms with van der Waals surface area (Å²) in [5.41, 5.74) is 0.904. The van der Waals surface area contributed by atoms with Gasteiger partial charge < -0.3 is 14.2 Å². The molecule has 0 aliphatic heterocycles. The smallest absolute Gasteiger partial charge is 0.263 e. The van der Waals surface area contributed by atoms with Crippen LogP contribution in [0.3, 0.4) is 0 Å². The molecule has 8 nitrogen and oxygen atoms in total. The standard InChI is InChI=1S/C23H26ClN3O5S/c1-14-25-21(27-33(28,29)17-10-7-15(8-11-17)23(2,3)4)20(22(26-14)31-6)32-19-13-16(30-5)9-12-18(19)24/h7-13H,1-6H3,(H,25,26,27). The lowest BCUT2D eigenvalue weighted by atomic mass is 9.87. The molecule has 0 unspecified atom stereocenters. The molecule has 0 aliphatic rings. The Morgan fingerprint density at radius 2 is 1.64 bits per heavy atom. The molecule has 1 N–H and O–H groups in total. The Bertz CT molecular complexity index is 1260. The van der Waals surface area contributed by atoms with Gasteiger partial charge in [-0.15, -0.1) is 0 Å². The van der Waals surface area contributed by atoms with Gasteiger partial charge in [-0.2, -0.15) is 4.98 Å². The maximum Gasteiger partial charge on any atom is 0.263 e. The molecule has 0 aliphatic carbocycles. The van der Waals surface area contributed by atoms with Gasteiger partial charge in [0.2, 0.25) is 5.75 Å². The summed E-state index contributed by atoms with van der Waals surface area (Å²) in [7, 11) is -1.09. The van der Waals surface area contributed by atoms with Gasteiger partial charge in [-0.05, 0) is 42.2 Å². The van der Waals surface area contributed by atoms with Gasteiger partial charge in [-0.25, -0.2) is 13.4 Å². The number of nitrogens with zero attached hydrogens (tertiary/aromatic N) is 2. The molecule has 0 fully saturated rings. The van der Waals surface area contributed by atoms with Crippen molar-refractivity contribution in [2.75, 3.05) is 18.9 Å². The van der Waals surface area contributed by atoms with Gasteiger partial charge in [0.1, 0.15) is 17.3 Å². The van der Waals surface area contributed by atoms with E-state index < -0.39 is 10.0 Å². The maximum absolute atomic E-state index is 13.1. The molecule has 0 spiro atoms. The van der Waals surface area contributed by atoms with Crippen LogP contribution in [-0.4, -0.2) is 32.6 Å². The van der Waals surface area contributed by atoms with Crippen LogP contribution in [0, 0.1) is 6.92 Å². The summed E-state index contributed by atoms with van der Waals surface area (Å²) < 4.78 is 45.2. The van der Waals surface area contributed by atoms with Crippen molar-refractivity contribution >= 4 is 27.4 Å². The highest BCUT2D eigenvalue weighted by atomic mass is 35.5. The lowest BCUT2D eigenvalue weighted by Gasteiger charge is -2.19. The summed E-state index contributed by atoms with van der Waals surface area (Å²) in [5, 5.41) is 0.282. The molecule has 0 saturated carbocycles. The first-order chi connectivity index (χ1) is 15.4. The van der Waals surface area contributed by atoms with Crippen molar-refractivity contribution in [2.24, 2.45) is 0 Å². The second-order valence-electron chi connectivity index (χ2n) is 8.24. The Kier molecular flexibility index (Phi) is 7.04. The monoisotopic (exact) mass is 491 g/mol. The Morgan fingerprint density at radius 3 is 2.21 bits per heavy atom. The maximum atomic E-state index is 13.1. The Balaban J connectivity index is 2.03. The highest BCUT2D eigenvalue weighted by Crippen LogP contribution is 2.40. The second kappa shape index (κ2) is 9.44. The number of sulfonamides is 1. The minimum absolute atomic E-state index is 0.0341. The van der Waals surface area contributed by atoms with Crippen LogP contribution in [0.25, 0.3) is 0 Å². The van der Waals surface area contributed by atoms with E-state index >= 15 is 0 Å². The molecule has 1 aromatic heterocycles. The molecule has 3 rings (SSSR count). The number of anilines is 1. The van der Waals surface area contributed by atoms with Crippen LogP contribution in [0.2, 0.25) is 5.02 Å². The Labute approximate surface area is 198 Å². The zero-order valence-electron chi connectivity index (χ0n) is 19.3. The molecular weight excluding hydrogens is 466 g/mol. The molecule has 1 heterocycles. The highest BCUT2D eigenvalue weighted by Gasteiger charge is 2.24. The Morgan fingerprint density at radius 1 is 0.970 bits per heavy atom. The number of hydrogen-bond acceptors (Lipinski definition) is 7. The van der Waals surface area contributed by atoms with Gasteiger partial charge in [-0.1, -0.05) is 44.5 Å². The van der Waals surface area contributed by atoms with Crippen molar-refractivity contribution < 1.29 is 22.6 Å². The van der Waals surface area contributed by atoms with E-state index in [1.165, 1.54) is 14.2 Å². The van der Waals surface area contributed by atoms with Gasteiger partial charge in [-0.3, -0.25) is 4.72 Å². The number of ether oxygens (including phenoxy) is 3. The minimum Gasteiger partial charge on any atom is -0.497 e. The zero-order valence-corrected chi connectivity index (χ0v) is 20.8. The lowest BCUT2D eigenvalue weighted by Crippen LogP contribution is -2.17. The molecule has 2 aromatic carbocycles. The summed E-state index contributed by atoms with van der Waals surface area (Å²) >= 11 is 6.26. The van der Waals surface area contributed by atoms with Crippen LogP contribution < -0.4 is 18.9 Å². The number of halogens is 1. The largest absolute Gasteiger partial charge is 0.497 e. The number of nitrogens with one attached hydrogen (secondary N) is 1. The fourth-order valence-electron chi connectivity index (χ4n) is 2.96. The van der Waals surface area contributed by atoms with Gasteiger partial charge in [0, 0.05) is 6.07 Å². The van der Waals surface area contributed by atoms with Crippen molar-refractivity contribution in [3.8, 4) is 23.1 Å². The van der Waals surface area contributed by atoms with Crippen LogP contribution in [0.1, 0.15) is 32.2 Å². The summed E-state index contributed by atoms with van der Waals surface area (Å²) in [6, 6.07) is 11.5. The molecule has 10 heteroatoms. The molecule has 0 amide bonds. The summed E-state index contributed by atoms with van der Waals surface area (Å²) in [6.45, 7) is 7.77. The summed E-state index contributed by atoms with van der Waals surface area (Å²) in [4.78, 5) is 8.51. The van der Waals surface area contributed by atoms with Gasteiger partial charge in [0.25, 0.3) is 15.9 Å². The number of hydrogen-bond donors (Lipinski definition) is 1. The van der Waals surface area contributed by atoms with Gasteiger partial charge >= 0.3 is 0 Å². The van der Waals surface area contributed by atoms with Crippen molar-refractivity contribution in [3.05, 3.63) is 58.9 Å². The van der Waals surface area contributed by atoms with Crippen molar-refractivity contribution in [1.29, 1.82) is 0 Å². The first kappa shape index (κ1) is 24.6. The van der Waals surface area contributed by atoms with Crippen molar-refractivity contribution in [2.45, 2.75) is 38.0 Å². The third-order valence-electron chi connectivity index (χ3n) is 4.75. The number of rotatable bonds is 7. The van der Waals surface area contributed by atoms with E-state index in [2.05, 4.69) is 35.5 Å². The van der Waals surface area contributed by atoms with Crippen LogP contribution in [0.5, 0.6) is 23.1 Å². The molecule has 0 bridgehead atoms. The molecule has 33 heavy (non-hydrogen) atoms. The van der Waals surface area contributed by atoms with Crippen molar-refractivity contribution in [3.63, 3.8) is 0 Å². The molecule has 0 atom stereocenters. The van der Waals surface area contributed by atoms with Gasteiger partial charge in [0.05, 0.1) is 24.1 Å². The molecule has 176 valence electrons. The van der Waals surface area contributed by atoms with E-state index in [0.29, 0.717) is 5.75 Å². The quantitative estimate of drug-likeness (QED) is 0.475. The normalized spacial score (nSPS) is 11.7. The van der Waals surface area contributed by atoms with Gasteiger partial charge in [0.15, 0.2) is 5.82 Å². The third kappa shape index (κ3) is 5.66. The number of methoxy groups -OCH3 is 2. The fourth-order valence-corrected chi connectivity index (χ4v) is 4.12. The van der Waals surface area contributed by atoms with Crippen LogP contribution in [0.15, 0.2) is 47.4 Å². The van der Waals surface area contributed by atoms with E-state index in [1.807, 2.05) is 0 Å². The Hall–Kier alpha value is -3.04. The fraction of sp³-hybridized carbons (Fsp3) is 0.304. The molecule has 0 radical (unpaired) electrons. The van der Waals surface area contributed by atoms with E-state index in [9.17, 15) is 8.42 Å². The van der Waals surface area contributed by atoms with E-state index in [4.69, 9.17) is 25.8 Å². The average molecular weight is 492 g/mol. The van der Waals surface area contributed by atoms with Crippen molar-refractivity contribution in [1.82, 2.24) is 9.97 Å². The molecular formula is C23H26ClN3O5S. The van der Waals surface area contributed by atoms with Crippen LogP contribution in [-0.2, 0) is 15.4 Å². The first-order valence-electron chi connectivity index (χ1n) is 10.0. The summed E-state index contributed by atoms with van der Waals surface area (Å²) in [5.74, 6) is 0.935. The predicted octanol–water partition coefficient (Wildman–Crippen LogP) is 5.35. The predicted molar refractivity (Wildman–Crippen MR) is 127 cm³/mol.